The summed E-state index contributed by atoms with van der Waals surface area (Å²) in [5.41, 5.74) is 0.285. The quantitative estimate of drug-likeness (QED) is 0.814. The molecule has 0 N–H and O–H groups in total. The molecule has 0 aliphatic heterocycles. The predicted molar refractivity (Wildman–Crippen MR) is 84.2 cm³/mol. The second-order valence-electron chi connectivity index (χ2n) is 4.61. The van der Waals surface area contributed by atoms with E-state index >= 15 is 0 Å². The minimum atomic E-state index is -3.95. The van der Waals surface area contributed by atoms with Gasteiger partial charge in [-0.3, -0.25) is 4.31 Å². The minimum absolute atomic E-state index is 0.00571. The maximum atomic E-state index is 13.1. The largest absolute Gasteiger partial charge is 0.495 e. The zero-order chi connectivity index (χ0) is 16.9. The fourth-order valence-corrected chi connectivity index (χ4v) is 3.72. The molecule has 0 bridgehead atoms. The van der Waals surface area contributed by atoms with Gasteiger partial charge in [0.2, 0.25) is 0 Å². The molecule has 2 rings (SSSR count). The molecule has 0 saturated carbocycles. The van der Waals surface area contributed by atoms with Gasteiger partial charge in [0.15, 0.2) is 0 Å². The van der Waals surface area contributed by atoms with E-state index in [4.69, 9.17) is 10.00 Å². The molecule has 0 spiro atoms. The summed E-state index contributed by atoms with van der Waals surface area (Å²) in [6, 6.07) is 13.2. The first-order valence-electron chi connectivity index (χ1n) is 6.79. The molecule has 2 aromatic carbocycles. The first-order chi connectivity index (χ1) is 11.0. The van der Waals surface area contributed by atoms with Crippen molar-refractivity contribution in [1.82, 2.24) is 0 Å². The fourth-order valence-electron chi connectivity index (χ4n) is 2.10. The average molecular weight is 334 g/mol. The highest BCUT2D eigenvalue weighted by atomic mass is 32.2. The molecule has 7 heteroatoms. The molecular weight excluding hydrogens is 319 g/mol. The van der Waals surface area contributed by atoms with Crippen LogP contribution in [-0.4, -0.2) is 22.1 Å². The van der Waals surface area contributed by atoms with Crippen molar-refractivity contribution in [2.45, 2.75) is 11.3 Å². The van der Waals surface area contributed by atoms with Crippen molar-refractivity contribution in [3.63, 3.8) is 0 Å². The van der Waals surface area contributed by atoms with Crippen LogP contribution in [-0.2, 0) is 10.0 Å². The van der Waals surface area contributed by atoms with E-state index < -0.39 is 15.8 Å². The molecule has 0 unspecified atom stereocenters. The monoisotopic (exact) mass is 334 g/mol. The standard InChI is InChI=1S/C16H15FN2O3S/c1-22-15-5-2-3-6-16(15)23(20,21)19(12-4-11-18)14-9-7-13(17)8-10-14/h2-3,5-10H,4,12H2,1H3. The summed E-state index contributed by atoms with van der Waals surface area (Å²) in [6.45, 7) is -0.0392. The zero-order valence-electron chi connectivity index (χ0n) is 12.4. The highest BCUT2D eigenvalue weighted by Gasteiger charge is 2.27. The van der Waals surface area contributed by atoms with Crippen LogP contribution in [0.15, 0.2) is 53.4 Å². The van der Waals surface area contributed by atoms with Crippen LogP contribution >= 0.6 is 0 Å². The number of para-hydroxylation sites is 1. The maximum absolute atomic E-state index is 13.1. The Kier molecular flexibility index (Phi) is 5.19. The molecule has 0 fully saturated rings. The number of ether oxygens (including phenoxy) is 1. The molecule has 120 valence electrons. The van der Waals surface area contributed by atoms with E-state index in [0.29, 0.717) is 0 Å². The Balaban J connectivity index is 2.53. The van der Waals surface area contributed by atoms with Crippen LogP contribution in [0.2, 0.25) is 0 Å². The smallest absolute Gasteiger partial charge is 0.268 e. The number of hydrogen-bond donors (Lipinski definition) is 0. The van der Waals surface area contributed by atoms with Crippen LogP contribution in [0, 0.1) is 17.1 Å². The number of halogens is 1. The number of nitriles is 1. The molecule has 0 saturated heterocycles. The summed E-state index contributed by atoms with van der Waals surface area (Å²) < 4.78 is 45.2. The number of benzene rings is 2. The van der Waals surface area contributed by atoms with E-state index in [1.165, 1.54) is 37.4 Å². The third kappa shape index (κ3) is 3.60. The normalized spacial score (nSPS) is 10.8. The molecule has 0 amide bonds. The zero-order valence-corrected chi connectivity index (χ0v) is 13.3. The third-order valence-corrected chi connectivity index (χ3v) is 5.05. The van der Waals surface area contributed by atoms with E-state index in [-0.39, 0.29) is 29.3 Å². The van der Waals surface area contributed by atoms with Crippen molar-refractivity contribution in [3.8, 4) is 11.8 Å². The van der Waals surface area contributed by atoms with E-state index in [1.807, 2.05) is 6.07 Å². The molecule has 0 aromatic heterocycles. The fraction of sp³-hybridized carbons (Fsp3) is 0.188. The summed E-state index contributed by atoms with van der Waals surface area (Å²) in [5, 5.41) is 8.79. The Morgan fingerprint density at radius 1 is 1.17 bits per heavy atom. The van der Waals surface area contributed by atoms with Gasteiger partial charge in [-0.1, -0.05) is 12.1 Å². The molecular formula is C16H15FN2O3S. The number of nitrogens with zero attached hydrogens (tertiary/aromatic N) is 2. The Morgan fingerprint density at radius 2 is 1.83 bits per heavy atom. The molecule has 0 radical (unpaired) electrons. The lowest BCUT2D eigenvalue weighted by molar-refractivity contribution is 0.402. The van der Waals surface area contributed by atoms with E-state index in [1.54, 1.807) is 18.2 Å². The average Bonchev–Trinajstić information content (AvgIpc) is 2.56. The second-order valence-corrected chi connectivity index (χ2v) is 6.44. The lowest BCUT2D eigenvalue weighted by Crippen LogP contribution is -2.32. The lowest BCUT2D eigenvalue weighted by atomic mass is 10.3. The van der Waals surface area contributed by atoms with E-state index in [9.17, 15) is 12.8 Å². The van der Waals surface area contributed by atoms with Gasteiger partial charge in [0, 0.05) is 6.54 Å². The highest BCUT2D eigenvalue weighted by Crippen LogP contribution is 2.30. The number of hydrogen-bond acceptors (Lipinski definition) is 4. The summed E-state index contributed by atoms with van der Waals surface area (Å²) >= 11 is 0. The molecule has 0 aliphatic carbocycles. The van der Waals surface area contributed by atoms with Crippen molar-refractivity contribution in [2.24, 2.45) is 0 Å². The summed E-state index contributed by atoms with van der Waals surface area (Å²) in [6.07, 6.45) is 0.00571. The van der Waals surface area contributed by atoms with Crippen LogP contribution in [0.1, 0.15) is 6.42 Å². The van der Waals surface area contributed by atoms with Crippen LogP contribution in [0.5, 0.6) is 5.75 Å². The first kappa shape index (κ1) is 16.8. The molecule has 23 heavy (non-hydrogen) atoms. The summed E-state index contributed by atoms with van der Waals surface area (Å²) in [7, 11) is -2.57. The minimum Gasteiger partial charge on any atom is -0.495 e. The van der Waals surface area contributed by atoms with Gasteiger partial charge in [-0.25, -0.2) is 12.8 Å². The molecule has 2 aromatic rings. The Morgan fingerprint density at radius 3 is 2.43 bits per heavy atom. The first-order valence-corrected chi connectivity index (χ1v) is 8.23. The van der Waals surface area contributed by atoms with Gasteiger partial charge in [-0.05, 0) is 36.4 Å². The number of sulfonamides is 1. The van der Waals surface area contributed by atoms with Gasteiger partial charge in [0.05, 0.1) is 25.3 Å². The number of methoxy groups -OCH3 is 1. The summed E-state index contributed by atoms with van der Waals surface area (Å²) in [4.78, 5) is -0.00948. The Bertz CT molecular complexity index is 814. The second kappa shape index (κ2) is 7.11. The maximum Gasteiger partial charge on any atom is 0.268 e. The highest BCUT2D eigenvalue weighted by molar-refractivity contribution is 7.93. The van der Waals surface area contributed by atoms with E-state index in [2.05, 4.69) is 0 Å². The number of rotatable bonds is 6. The molecule has 5 nitrogen and oxygen atoms in total. The Labute approximate surface area is 134 Å². The topological polar surface area (TPSA) is 70.4 Å². The van der Waals surface area contributed by atoms with Gasteiger partial charge in [-0.2, -0.15) is 5.26 Å². The van der Waals surface area contributed by atoms with Crippen LogP contribution < -0.4 is 9.04 Å². The molecule has 0 heterocycles. The van der Waals surface area contributed by atoms with Crippen LogP contribution in [0.4, 0.5) is 10.1 Å². The van der Waals surface area contributed by atoms with Crippen molar-refractivity contribution in [1.29, 1.82) is 5.26 Å². The van der Waals surface area contributed by atoms with Crippen molar-refractivity contribution < 1.29 is 17.5 Å². The SMILES string of the molecule is COc1ccccc1S(=O)(=O)N(CCC#N)c1ccc(F)cc1. The molecule has 0 atom stereocenters. The Hall–Kier alpha value is -2.59. The van der Waals surface area contributed by atoms with Gasteiger partial charge >= 0.3 is 0 Å². The van der Waals surface area contributed by atoms with Crippen molar-refractivity contribution in [3.05, 3.63) is 54.3 Å². The van der Waals surface area contributed by atoms with E-state index in [0.717, 1.165) is 4.31 Å². The van der Waals surface area contributed by atoms with Gasteiger partial charge in [-0.15, -0.1) is 0 Å². The predicted octanol–water partition coefficient (Wildman–Crippen LogP) is 2.94. The van der Waals surface area contributed by atoms with Crippen molar-refractivity contribution >= 4 is 15.7 Å². The van der Waals surface area contributed by atoms with Gasteiger partial charge in [0.1, 0.15) is 16.5 Å². The van der Waals surface area contributed by atoms with Gasteiger partial charge in [0.25, 0.3) is 10.0 Å². The third-order valence-electron chi connectivity index (χ3n) is 3.18. The van der Waals surface area contributed by atoms with Crippen LogP contribution in [0.25, 0.3) is 0 Å². The molecule has 0 aliphatic rings. The van der Waals surface area contributed by atoms with Crippen molar-refractivity contribution in [2.75, 3.05) is 18.0 Å². The summed E-state index contributed by atoms with van der Waals surface area (Å²) in [5.74, 6) is -0.264. The van der Waals surface area contributed by atoms with Crippen LogP contribution in [0.3, 0.4) is 0 Å². The lowest BCUT2D eigenvalue weighted by Gasteiger charge is -2.24. The van der Waals surface area contributed by atoms with Gasteiger partial charge < -0.3 is 4.74 Å². The number of anilines is 1.